The van der Waals surface area contributed by atoms with Crippen molar-refractivity contribution in [3.05, 3.63) is 23.8 Å². The first kappa shape index (κ1) is 14.5. The van der Waals surface area contributed by atoms with Gasteiger partial charge < -0.3 is 10.2 Å². The van der Waals surface area contributed by atoms with E-state index >= 15 is 0 Å². The Hall–Kier alpha value is -0.600. The van der Waals surface area contributed by atoms with E-state index in [-0.39, 0.29) is 0 Å². The van der Waals surface area contributed by atoms with Crippen LogP contribution in [0.15, 0.2) is 23.8 Å². The number of allylic oxidation sites excluding steroid dienone is 3. The fourth-order valence-corrected chi connectivity index (χ4v) is 2.28. The van der Waals surface area contributed by atoms with Crippen LogP contribution in [0.2, 0.25) is 0 Å². The van der Waals surface area contributed by atoms with Crippen LogP contribution in [-0.2, 0) is 0 Å². The van der Waals surface area contributed by atoms with Crippen LogP contribution in [0.5, 0.6) is 0 Å². The zero-order chi connectivity index (χ0) is 13.1. The number of hydrogen-bond acceptors (Lipinski definition) is 2. The maximum absolute atomic E-state index is 9.86. The molecule has 0 amide bonds. The molecule has 2 nitrogen and oxygen atoms in total. The molecule has 1 rings (SSSR count). The highest BCUT2D eigenvalue weighted by molar-refractivity contribution is 5.11. The smallest absolute Gasteiger partial charge is 0.106 e. The van der Waals surface area contributed by atoms with Gasteiger partial charge in [0, 0.05) is 0 Å². The van der Waals surface area contributed by atoms with Crippen LogP contribution < -0.4 is 0 Å². The number of aliphatic hydroxyl groups excluding tert-OH is 1. The molecule has 0 spiro atoms. The average Bonchev–Trinajstić information content (AvgIpc) is 2.21. The summed E-state index contributed by atoms with van der Waals surface area (Å²) in [4.78, 5) is 0. The van der Waals surface area contributed by atoms with Crippen LogP contribution >= 0.6 is 0 Å². The largest absolute Gasteiger partial charge is 0.390 e. The normalized spacial score (nSPS) is 34.5. The predicted molar refractivity (Wildman–Crippen MR) is 71.7 cm³/mol. The van der Waals surface area contributed by atoms with E-state index in [1.54, 1.807) is 13.0 Å². The lowest BCUT2D eigenvalue weighted by atomic mass is 9.77. The van der Waals surface area contributed by atoms with Gasteiger partial charge in [-0.15, -0.1) is 0 Å². The second-order valence-corrected chi connectivity index (χ2v) is 5.84. The van der Waals surface area contributed by atoms with Crippen molar-refractivity contribution in [3.8, 4) is 0 Å². The highest BCUT2D eigenvalue weighted by atomic mass is 16.3. The molecule has 0 aliphatic heterocycles. The first-order valence-electron chi connectivity index (χ1n) is 6.56. The Balaban J connectivity index is 2.49. The van der Waals surface area contributed by atoms with Crippen molar-refractivity contribution in [2.24, 2.45) is 11.8 Å². The zero-order valence-electron chi connectivity index (χ0n) is 11.5. The molecule has 0 fully saturated rings. The molecule has 0 unspecified atom stereocenters. The van der Waals surface area contributed by atoms with E-state index in [1.807, 2.05) is 0 Å². The molecule has 0 aromatic rings. The van der Waals surface area contributed by atoms with Gasteiger partial charge in [-0.1, -0.05) is 30.7 Å². The predicted octanol–water partition coefficient (Wildman–Crippen LogP) is 3.06. The van der Waals surface area contributed by atoms with E-state index < -0.39 is 11.7 Å². The molecule has 1 aliphatic rings. The summed E-state index contributed by atoms with van der Waals surface area (Å²) in [5, 5.41) is 19.7. The van der Waals surface area contributed by atoms with E-state index in [4.69, 9.17) is 0 Å². The minimum atomic E-state index is -1.05. The molecule has 17 heavy (non-hydrogen) atoms. The van der Waals surface area contributed by atoms with Gasteiger partial charge in [0.2, 0.25) is 0 Å². The van der Waals surface area contributed by atoms with Crippen LogP contribution in [0, 0.1) is 11.8 Å². The third kappa shape index (κ3) is 4.29. The SMILES string of the molecule is CC(C)=CCC[C@@H](C)[C@@H]1C=C[C@@](C)(O)[C@H](O)C1. The van der Waals surface area contributed by atoms with Crippen LogP contribution in [0.1, 0.15) is 47.0 Å². The maximum Gasteiger partial charge on any atom is 0.106 e. The Bertz CT molecular complexity index is 298. The molecule has 0 saturated carbocycles. The molecule has 98 valence electrons. The fraction of sp³-hybridized carbons (Fsp3) is 0.733. The van der Waals surface area contributed by atoms with Gasteiger partial charge in [0.1, 0.15) is 5.60 Å². The molecule has 2 heteroatoms. The number of rotatable bonds is 4. The van der Waals surface area contributed by atoms with Gasteiger partial charge in [-0.05, 0) is 51.9 Å². The third-order valence-corrected chi connectivity index (χ3v) is 3.76. The Morgan fingerprint density at radius 2 is 2.18 bits per heavy atom. The van der Waals surface area contributed by atoms with Gasteiger partial charge in [0.25, 0.3) is 0 Å². The minimum Gasteiger partial charge on any atom is -0.390 e. The van der Waals surface area contributed by atoms with Crippen molar-refractivity contribution in [2.45, 2.75) is 58.7 Å². The molecular weight excluding hydrogens is 212 g/mol. The van der Waals surface area contributed by atoms with E-state index in [1.165, 1.54) is 5.57 Å². The van der Waals surface area contributed by atoms with Gasteiger partial charge in [0.05, 0.1) is 6.10 Å². The van der Waals surface area contributed by atoms with Crippen molar-refractivity contribution >= 4 is 0 Å². The summed E-state index contributed by atoms with van der Waals surface area (Å²) in [6.45, 7) is 8.12. The van der Waals surface area contributed by atoms with Crippen LogP contribution in [0.25, 0.3) is 0 Å². The first-order valence-corrected chi connectivity index (χ1v) is 6.56. The Kier molecular flexibility index (Phi) is 4.96. The van der Waals surface area contributed by atoms with E-state index in [0.717, 1.165) is 12.8 Å². The van der Waals surface area contributed by atoms with E-state index in [9.17, 15) is 10.2 Å². The molecule has 0 radical (unpaired) electrons. The van der Waals surface area contributed by atoms with E-state index in [0.29, 0.717) is 18.3 Å². The number of hydrogen-bond donors (Lipinski definition) is 2. The van der Waals surface area contributed by atoms with Crippen LogP contribution in [0.3, 0.4) is 0 Å². The van der Waals surface area contributed by atoms with Gasteiger partial charge >= 0.3 is 0 Å². The lowest BCUT2D eigenvalue weighted by Gasteiger charge is -2.35. The summed E-state index contributed by atoms with van der Waals surface area (Å²) in [5.74, 6) is 0.934. The summed E-state index contributed by atoms with van der Waals surface area (Å²) in [6, 6.07) is 0. The third-order valence-electron chi connectivity index (χ3n) is 3.76. The molecule has 0 bridgehead atoms. The topological polar surface area (TPSA) is 40.5 Å². The fourth-order valence-electron chi connectivity index (χ4n) is 2.28. The van der Waals surface area contributed by atoms with Crippen molar-refractivity contribution < 1.29 is 10.2 Å². The lowest BCUT2D eigenvalue weighted by Crippen LogP contribution is -2.42. The molecule has 0 aromatic carbocycles. The molecule has 4 atom stereocenters. The maximum atomic E-state index is 9.86. The molecule has 2 N–H and O–H groups in total. The van der Waals surface area contributed by atoms with E-state index in [2.05, 4.69) is 32.9 Å². The average molecular weight is 238 g/mol. The van der Waals surface area contributed by atoms with Crippen LogP contribution in [0.4, 0.5) is 0 Å². The summed E-state index contributed by atoms with van der Waals surface area (Å²) >= 11 is 0. The Labute approximate surface area is 105 Å². The second kappa shape index (κ2) is 5.83. The van der Waals surface area contributed by atoms with Crippen molar-refractivity contribution in [1.82, 2.24) is 0 Å². The van der Waals surface area contributed by atoms with Gasteiger partial charge in [-0.25, -0.2) is 0 Å². The quantitative estimate of drug-likeness (QED) is 0.739. The van der Waals surface area contributed by atoms with Crippen molar-refractivity contribution in [3.63, 3.8) is 0 Å². The minimum absolute atomic E-state index is 0.385. The monoisotopic (exact) mass is 238 g/mol. The van der Waals surface area contributed by atoms with Gasteiger partial charge in [-0.2, -0.15) is 0 Å². The molecule has 1 aliphatic carbocycles. The summed E-state index contributed by atoms with van der Waals surface area (Å²) in [7, 11) is 0. The molecular formula is C15H26O2. The molecule has 0 saturated heterocycles. The summed E-state index contributed by atoms with van der Waals surface area (Å²) < 4.78 is 0. The lowest BCUT2D eigenvalue weighted by molar-refractivity contribution is -0.0455. The van der Waals surface area contributed by atoms with Crippen molar-refractivity contribution in [2.75, 3.05) is 0 Å². The Morgan fingerprint density at radius 1 is 1.53 bits per heavy atom. The van der Waals surface area contributed by atoms with Gasteiger partial charge in [0.15, 0.2) is 0 Å². The standard InChI is InChI=1S/C15H26O2/c1-11(2)6-5-7-12(3)13-8-9-15(4,17)14(16)10-13/h6,8-9,12-14,16-17H,5,7,10H2,1-4H3/t12-,13-,14-,15-/m1/s1. The summed E-state index contributed by atoms with van der Waals surface area (Å²) in [6.07, 6.45) is 8.34. The Morgan fingerprint density at radius 3 is 2.71 bits per heavy atom. The first-order chi connectivity index (χ1) is 7.83. The van der Waals surface area contributed by atoms with Gasteiger partial charge in [-0.3, -0.25) is 0 Å². The van der Waals surface area contributed by atoms with Crippen molar-refractivity contribution in [1.29, 1.82) is 0 Å². The second-order valence-electron chi connectivity index (χ2n) is 5.84. The molecule has 0 aromatic heterocycles. The molecule has 0 heterocycles. The van der Waals surface area contributed by atoms with Crippen LogP contribution in [-0.4, -0.2) is 21.9 Å². The zero-order valence-corrected chi connectivity index (χ0v) is 11.5. The number of aliphatic hydroxyl groups is 2. The highest BCUT2D eigenvalue weighted by Crippen LogP contribution is 2.32. The summed E-state index contributed by atoms with van der Waals surface area (Å²) in [5.41, 5.74) is 0.315. The highest BCUT2D eigenvalue weighted by Gasteiger charge is 2.34.